The molecule has 0 heterocycles. The van der Waals surface area contributed by atoms with E-state index in [9.17, 15) is 14.7 Å². The zero-order valence-electron chi connectivity index (χ0n) is 12.5. The minimum absolute atomic E-state index is 0.0820. The van der Waals surface area contributed by atoms with Crippen LogP contribution in [0.3, 0.4) is 0 Å². The Labute approximate surface area is 130 Å². The van der Waals surface area contributed by atoms with Crippen LogP contribution in [0.15, 0.2) is 24.3 Å². The Kier molecular flexibility index (Phi) is 4.43. The Bertz CT molecular complexity index is 569. The van der Waals surface area contributed by atoms with Crippen LogP contribution in [0.2, 0.25) is 0 Å². The lowest BCUT2D eigenvalue weighted by Crippen LogP contribution is -2.34. The van der Waals surface area contributed by atoms with E-state index < -0.39 is 6.10 Å². The fourth-order valence-corrected chi connectivity index (χ4v) is 2.94. The van der Waals surface area contributed by atoms with Gasteiger partial charge in [0.15, 0.2) is 0 Å². The second kappa shape index (κ2) is 6.48. The van der Waals surface area contributed by atoms with Crippen LogP contribution < -0.4 is 10.6 Å². The Balaban J connectivity index is 1.42. The van der Waals surface area contributed by atoms with Gasteiger partial charge in [0.2, 0.25) is 11.8 Å². The first-order chi connectivity index (χ1) is 10.6. The third-order valence-electron chi connectivity index (χ3n) is 4.35. The van der Waals surface area contributed by atoms with Crippen LogP contribution in [0, 0.1) is 5.92 Å². The van der Waals surface area contributed by atoms with E-state index in [1.807, 2.05) is 24.3 Å². The van der Waals surface area contributed by atoms with E-state index in [0.29, 0.717) is 25.8 Å². The highest BCUT2D eigenvalue weighted by Crippen LogP contribution is 2.31. The zero-order chi connectivity index (χ0) is 15.5. The molecule has 3 rings (SSSR count). The highest BCUT2D eigenvalue weighted by atomic mass is 16.3. The van der Waals surface area contributed by atoms with Gasteiger partial charge in [-0.2, -0.15) is 0 Å². The Morgan fingerprint density at radius 3 is 2.77 bits per heavy atom. The number of carbonyl (C=O) groups is 2. The molecule has 0 aromatic heterocycles. The first-order valence-corrected chi connectivity index (χ1v) is 7.98. The average molecular weight is 302 g/mol. The SMILES string of the molecule is O=C(CCCNC(=O)C1CC1)NC1c2ccccc2CC1O. The van der Waals surface area contributed by atoms with Crippen molar-refractivity contribution in [3.05, 3.63) is 35.4 Å². The molecule has 3 N–H and O–H groups in total. The minimum Gasteiger partial charge on any atom is -0.390 e. The van der Waals surface area contributed by atoms with Gasteiger partial charge in [0.25, 0.3) is 0 Å². The predicted octanol–water partition coefficient (Wildman–Crippen LogP) is 1.07. The molecule has 0 spiro atoms. The fraction of sp³-hybridized carbons (Fsp3) is 0.529. The number of hydrogen-bond donors (Lipinski definition) is 3. The van der Waals surface area contributed by atoms with Crippen LogP contribution in [0.1, 0.15) is 42.9 Å². The third-order valence-corrected chi connectivity index (χ3v) is 4.35. The molecule has 0 aliphatic heterocycles. The van der Waals surface area contributed by atoms with Crippen molar-refractivity contribution in [2.24, 2.45) is 5.92 Å². The summed E-state index contributed by atoms with van der Waals surface area (Å²) in [4.78, 5) is 23.5. The van der Waals surface area contributed by atoms with Gasteiger partial charge in [-0.05, 0) is 30.4 Å². The molecule has 1 fully saturated rings. The highest BCUT2D eigenvalue weighted by Gasteiger charge is 2.32. The van der Waals surface area contributed by atoms with Crippen molar-refractivity contribution in [2.45, 2.75) is 44.2 Å². The maximum Gasteiger partial charge on any atom is 0.223 e. The molecule has 22 heavy (non-hydrogen) atoms. The summed E-state index contributed by atoms with van der Waals surface area (Å²) >= 11 is 0. The molecular formula is C17H22N2O3. The van der Waals surface area contributed by atoms with Gasteiger partial charge < -0.3 is 15.7 Å². The number of nitrogens with one attached hydrogen (secondary N) is 2. The highest BCUT2D eigenvalue weighted by molar-refractivity contribution is 5.81. The lowest BCUT2D eigenvalue weighted by Gasteiger charge is -2.18. The average Bonchev–Trinajstić information content (AvgIpc) is 3.30. The van der Waals surface area contributed by atoms with E-state index in [1.165, 1.54) is 0 Å². The van der Waals surface area contributed by atoms with Gasteiger partial charge in [0.1, 0.15) is 0 Å². The monoisotopic (exact) mass is 302 g/mol. The Morgan fingerprint density at radius 1 is 1.23 bits per heavy atom. The molecule has 1 aromatic carbocycles. The summed E-state index contributed by atoms with van der Waals surface area (Å²) in [7, 11) is 0. The standard InChI is InChI=1S/C17H22N2O3/c20-14-10-12-4-1-2-5-13(12)16(14)19-15(21)6-3-9-18-17(22)11-7-8-11/h1-2,4-5,11,14,16,20H,3,6-10H2,(H,18,22)(H,19,21). The lowest BCUT2D eigenvalue weighted by atomic mass is 10.1. The van der Waals surface area contributed by atoms with Crippen molar-refractivity contribution in [1.29, 1.82) is 0 Å². The molecule has 0 radical (unpaired) electrons. The van der Waals surface area contributed by atoms with E-state index in [0.717, 1.165) is 24.0 Å². The van der Waals surface area contributed by atoms with Crippen molar-refractivity contribution >= 4 is 11.8 Å². The molecule has 2 aliphatic carbocycles. The van der Waals surface area contributed by atoms with E-state index in [2.05, 4.69) is 10.6 Å². The van der Waals surface area contributed by atoms with Gasteiger partial charge in [-0.25, -0.2) is 0 Å². The van der Waals surface area contributed by atoms with Crippen LogP contribution in [0.4, 0.5) is 0 Å². The maximum absolute atomic E-state index is 12.0. The number of carbonyl (C=O) groups excluding carboxylic acids is 2. The summed E-state index contributed by atoms with van der Waals surface area (Å²) in [5.41, 5.74) is 2.10. The molecule has 118 valence electrons. The molecule has 1 aromatic rings. The largest absolute Gasteiger partial charge is 0.390 e. The van der Waals surface area contributed by atoms with Crippen molar-refractivity contribution < 1.29 is 14.7 Å². The number of benzene rings is 1. The molecular weight excluding hydrogens is 280 g/mol. The van der Waals surface area contributed by atoms with Gasteiger partial charge in [-0.3, -0.25) is 9.59 Å². The molecule has 2 atom stereocenters. The molecule has 2 aliphatic rings. The van der Waals surface area contributed by atoms with Gasteiger partial charge in [0, 0.05) is 25.3 Å². The van der Waals surface area contributed by atoms with Crippen LogP contribution in [0.5, 0.6) is 0 Å². The number of fused-ring (bicyclic) bond motifs is 1. The second-order valence-corrected chi connectivity index (χ2v) is 6.18. The van der Waals surface area contributed by atoms with Crippen molar-refractivity contribution in [3.8, 4) is 0 Å². The summed E-state index contributed by atoms with van der Waals surface area (Å²) in [5.74, 6) is 0.237. The molecule has 5 heteroatoms. The quantitative estimate of drug-likeness (QED) is 0.688. The lowest BCUT2D eigenvalue weighted by molar-refractivity contribution is -0.124. The summed E-state index contributed by atoms with van der Waals surface area (Å²) < 4.78 is 0. The summed E-state index contributed by atoms with van der Waals surface area (Å²) in [5, 5.41) is 15.9. The summed E-state index contributed by atoms with van der Waals surface area (Å²) in [6.45, 7) is 0.534. The van der Waals surface area contributed by atoms with Gasteiger partial charge in [0.05, 0.1) is 12.1 Å². The maximum atomic E-state index is 12.0. The molecule has 2 amide bonds. The van der Waals surface area contributed by atoms with E-state index in [1.54, 1.807) is 0 Å². The topological polar surface area (TPSA) is 78.4 Å². The van der Waals surface area contributed by atoms with Crippen LogP contribution >= 0.6 is 0 Å². The van der Waals surface area contributed by atoms with Crippen LogP contribution in [-0.4, -0.2) is 29.6 Å². The van der Waals surface area contributed by atoms with E-state index in [4.69, 9.17) is 0 Å². The first kappa shape index (κ1) is 15.0. The molecule has 5 nitrogen and oxygen atoms in total. The van der Waals surface area contributed by atoms with E-state index in [-0.39, 0.29) is 23.8 Å². The first-order valence-electron chi connectivity index (χ1n) is 7.98. The smallest absolute Gasteiger partial charge is 0.223 e. The number of amides is 2. The summed E-state index contributed by atoms with van der Waals surface area (Å²) in [6, 6.07) is 7.48. The van der Waals surface area contributed by atoms with Gasteiger partial charge >= 0.3 is 0 Å². The number of aliphatic hydroxyl groups is 1. The Hall–Kier alpha value is -1.88. The number of aliphatic hydroxyl groups excluding tert-OH is 1. The van der Waals surface area contributed by atoms with Gasteiger partial charge in [-0.1, -0.05) is 24.3 Å². The molecule has 2 unspecified atom stereocenters. The molecule has 1 saturated carbocycles. The van der Waals surface area contributed by atoms with E-state index >= 15 is 0 Å². The number of rotatable bonds is 6. The van der Waals surface area contributed by atoms with Crippen LogP contribution in [-0.2, 0) is 16.0 Å². The molecule has 0 bridgehead atoms. The number of hydrogen-bond acceptors (Lipinski definition) is 3. The van der Waals surface area contributed by atoms with Gasteiger partial charge in [-0.15, -0.1) is 0 Å². The zero-order valence-corrected chi connectivity index (χ0v) is 12.5. The van der Waals surface area contributed by atoms with Crippen molar-refractivity contribution in [1.82, 2.24) is 10.6 Å². The van der Waals surface area contributed by atoms with Crippen molar-refractivity contribution in [2.75, 3.05) is 6.54 Å². The summed E-state index contributed by atoms with van der Waals surface area (Å²) in [6.07, 6.45) is 2.98. The predicted molar refractivity (Wildman–Crippen MR) is 82.0 cm³/mol. The third kappa shape index (κ3) is 3.47. The second-order valence-electron chi connectivity index (χ2n) is 6.18. The van der Waals surface area contributed by atoms with Crippen LogP contribution in [0.25, 0.3) is 0 Å². The Morgan fingerprint density at radius 2 is 2.00 bits per heavy atom. The normalized spacial score (nSPS) is 23.0. The van der Waals surface area contributed by atoms with Crippen molar-refractivity contribution in [3.63, 3.8) is 0 Å². The minimum atomic E-state index is -0.559. The molecule has 0 saturated heterocycles. The fourth-order valence-electron chi connectivity index (χ4n) is 2.94.